The summed E-state index contributed by atoms with van der Waals surface area (Å²) in [6.45, 7) is 5.58. The zero-order valence-electron chi connectivity index (χ0n) is 26.4. The number of aromatic nitrogens is 4. The van der Waals surface area contributed by atoms with Crippen LogP contribution in [0, 0.1) is 0 Å². The number of hydrogen-bond acceptors (Lipinski definition) is 4. The first-order valence-corrected chi connectivity index (χ1v) is 18.3. The van der Waals surface area contributed by atoms with E-state index in [0.29, 0.717) is 0 Å². The average molecular weight is 571 g/mol. The quantitative estimate of drug-likeness (QED) is 0.0753. The SMILES string of the molecule is CCCCCCCCCCCCCCCCCCSc1nnc(-c2ccccn2)n1CCCCCCCCCC. The summed E-state index contributed by atoms with van der Waals surface area (Å²) in [6.07, 6.45) is 35.2. The van der Waals surface area contributed by atoms with E-state index < -0.39 is 0 Å². The molecular weight excluding hydrogens is 508 g/mol. The molecule has 5 heteroatoms. The van der Waals surface area contributed by atoms with Crippen LogP contribution in [-0.4, -0.2) is 25.5 Å². The van der Waals surface area contributed by atoms with Crippen LogP contribution in [0.5, 0.6) is 0 Å². The molecule has 0 aromatic carbocycles. The van der Waals surface area contributed by atoms with E-state index in [1.807, 2.05) is 30.1 Å². The Kier molecular flexibility index (Phi) is 22.1. The van der Waals surface area contributed by atoms with Gasteiger partial charge >= 0.3 is 0 Å². The number of hydrogen-bond donors (Lipinski definition) is 0. The molecule has 0 saturated carbocycles. The molecule has 2 rings (SSSR count). The summed E-state index contributed by atoms with van der Waals surface area (Å²) in [4.78, 5) is 4.56. The van der Waals surface area contributed by atoms with Crippen molar-refractivity contribution in [2.24, 2.45) is 0 Å². The minimum Gasteiger partial charge on any atom is -0.301 e. The Labute approximate surface area is 252 Å². The van der Waals surface area contributed by atoms with Gasteiger partial charge < -0.3 is 4.57 Å². The Balaban J connectivity index is 1.55. The number of nitrogens with zero attached hydrogens (tertiary/aromatic N) is 4. The van der Waals surface area contributed by atoms with Gasteiger partial charge in [-0.25, -0.2) is 0 Å². The highest BCUT2D eigenvalue weighted by atomic mass is 32.2. The lowest BCUT2D eigenvalue weighted by Crippen LogP contribution is -2.04. The Hall–Kier alpha value is -1.36. The molecule has 0 spiro atoms. The van der Waals surface area contributed by atoms with Gasteiger partial charge in [0, 0.05) is 18.5 Å². The summed E-state index contributed by atoms with van der Waals surface area (Å²) < 4.78 is 2.33. The molecule has 2 heterocycles. The lowest BCUT2D eigenvalue weighted by atomic mass is 10.0. The van der Waals surface area contributed by atoms with Gasteiger partial charge in [0.1, 0.15) is 5.69 Å². The fraction of sp³-hybridized carbons (Fsp3) is 0.800. The molecule has 0 radical (unpaired) electrons. The fourth-order valence-corrected chi connectivity index (χ4v) is 6.46. The molecule has 4 nitrogen and oxygen atoms in total. The second-order valence-corrected chi connectivity index (χ2v) is 12.9. The second-order valence-electron chi connectivity index (χ2n) is 11.8. The second kappa shape index (κ2) is 25.4. The van der Waals surface area contributed by atoms with Crippen LogP contribution in [0.3, 0.4) is 0 Å². The van der Waals surface area contributed by atoms with Crippen LogP contribution in [0.15, 0.2) is 29.6 Å². The van der Waals surface area contributed by atoms with Crippen molar-refractivity contribution in [1.29, 1.82) is 0 Å². The maximum atomic E-state index is 4.59. The van der Waals surface area contributed by atoms with Crippen LogP contribution in [0.2, 0.25) is 0 Å². The third kappa shape index (κ3) is 16.8. The predicted molar refractivity (Wildman–Crippen MR) is 176 cm³/mol. The number of pyridine rings is 1. The topological polar surface area (TPSA) is 43.6 Å². The number of rotatable bonds is 28. The van der Waals surface area contributed by atoms with Crippen LogP contribution in [0.1, 0.15) is 168 Å². The molecule has 0 aliphatic heterocycles. The molecule has 0 unspecified atom stereocenters. The van der Waals surface area contributed by atoms with Crippen molar-refractivity contribution in [2.45, 2.75) is 180 Å². The van der Waals surface area contributed by atoms with Gasteiger partial charge in [0.15, 0.2) is 11.0 Å². The zero-order chi connectivity index (χ0) is 28.4. The molecule has 2 aromatic heterocycles. The molecule has 0 saturated heterocycles. The first kappa shape index (κ1) is 34.8. The van der Waals surface area contributed by atoms with Crippen molar-refractivity contribution in [3.05, 3.63) is 24.4 Å². The van der Waals surface area contributed by atoms with E-state index in [4.69, 9.17) is 0 Å². The summed E-state index contributed by atoms with van der Waals surface area (Å²) in [5, 5.41) is 10.2. The van der Waals surface area contributed by atoms with E-state index in [1.54, 1.807) is 0 Å². The van der Waals surface area contributed by atoms with E-state index in [0.717, 1.165) is 29.0 Å². The summed E-state index contributed by atoms with van der Waals surface area (Å²) in [5.41, 5.74) is 0.934. The molecule has 0 atom stereocenters. The van der Waals surface area contributed by atoms with Crippen molar-refractivity contribution in [3.8, 4) is 11.5 Å². The molecule has 0 aliphatic carbocycles. The summed E-state index contributed by atoms with van der Waals surface area (Å²) in [5.74, 6) is 2.06. The standard InChI is InChI=1S/C35H62N4S/c1-3-5-7-9-11-13-14-15-16-17-18-19-20-22-24-28-32-40-35-38-37-34(33-29-25-26-30-36-33)39(35)31-27-23-21-12-10-8-6-4-2/h25-26,29-30H,3-24,27-28,31-32H2,1-2H3. The minimum atomic E-state index is 0.929. The first-order valence-electron chi connectivity index (χ1n) is 17.3. The molecule has 0 fully saturated rings. The fourth-order valence-electron chi connectivity index (χ4n) is 5.50. The number of unbranched alkanes of at least 4 members (excludes halogenated alkanes) is 22. The maximum Gasteiger partial charge on any atom is 0.191 e. The zero-order valence-corrected chi connectivity index (χ0v) is 27.2. The van der Waals surface area contributed by atoms with Crippen molar-refractivity contribution < 1.29 is 0 Å². The summed E-state index contributed by atoms with van der Waals surface area (Å²) >= 11 is 1.89. The Morgan fingerprint density at radius 3 is 1.50 bits per heavy atom. The smallest absolute Gasteiger partial charge is 0.191 e. The minimum absolute atomic E-state index is 0.929. The van der Waals surface area contributed by atoms with Gasteiger partial charge in [-0.15, -0.1) is 10.2 Å². The highest BCUT2D eigenvalue weighted by Gasteiger charge is 2.15. The third-order valence-electron chi connectivity index (χ3n) is 8.08. The Morgan fingerprint density at radius 2 is 1.02 bits per heavy atom. The van der Waals surface area contributed by atoms with E-state index in [1.165, 1.54) is 154 Å². The number of thioether (sulfide) groups is 1. The predicted octanol–water partition coefficient (Wildman–Crippen LogP) is 11.8. The van der Waals surface area contributed by atoms with E-state index in [9.17, 15) is 0 Å². The van der Waals surface area contributed by atoms with Gasteiger partial charge in [0.25, 0.3) is 0 Å². The van der Waals surface area contributed by atoms with E-state index in [-0.39, 0.29) is 0 Å². The summed E-state index contributed by atoms with van der Waals surface area (Å²) in [7, 11) is 0. The van der Waals surface area contributed by atoms with Gasteiger partial charge in [0.2, 0.25) is 0 Å². The maximum absolute atomic E-state index is 4.59. The normalized spacial score (nSPS) is 11.4. The van der Waals surface area contributed by atoms with Gasteiger partial charge in [-0.3, -0.25) is 4.98 Å². The monoisotopic (exact) mass is 570 g/mol. The van der Waals surface area contributed by atoms with Crippen LogP contribution >= 0.6 is 11.8 Å². The Bertz CT molecular complexity index is 807. The largest absolute Gasteiger partial charge is 0.301 e. The molecule has 2 aromatic rings. The lowest BCUT2D eigenvalue weighted by molar-refractivity contribution is 0.529. The van der Waals surface area contributed by atoms with Crippen LogP contribution in [0.4, 0.5) is 0 Å². The van der Waals surface area contributed by atoms with Gasteiger partial charge in [-0.2, -0.15) is 0 Å². The highest BCUT2D eigenvalue weighted by molar-refractivity contribution is 7.99. The molecule has 40 heavy (non-hydrogen) atoms. The van der Waals surface area contributed by atoms with Gasteiger partial charge in [0.05, 0.1) is 0 Å². The third-order valence-corrected chi connectivity index (χ3v) is 9.13. The van der Waals surface area contributed by atoms with Crippen LogP contribution in [0.25, 0.3) is 11.5 Å². The van der Waals surface area contributed by atoms with Crippen LogP contribution in [-0.2, 0) is 6.54 Å². The Morgan fingerprint density at radius 1 is 0.550 bits per heavy atom. The van der Waals surface area contributed by atoms with Crippen molar-refractivity contribution in [1.82, 2.24) is 19.7 Å². The molecule has 228 valence electrons. The molecule has 0 aliphatic rings. The average Bonchev–Trinajstić information content (AvgIpc) is 3.39. The van der Waals surface area contributed by atoms with E-state index >= 15 is 0 Å². The van der Waals surface area contributed by atoms with Crippen molar-refractivity contribution in [2.75, 3.05) is 5.75 Å². The van der Waals surface area contributed by atoms with Crippen molar-refractivity contribution >= 4 is 11.8 Å². The highest BCUT2D eigenvalue weighted by Crippen LogP contribution is 2.25. The first-order chi connectivity index (χ1) is 19.9. The summed E-state index contributed by atoms with van der Waals surface area (Å²) in [6, 6.07) is 6.06. The molecular formula is C35H62N4S. The van der Waals surface area contributed by atoms with E-state index in [2.05, 4.69) is 39.7 Å². The van der Waals surface area contributed by atoms with Crippen LogP contribution < -0.4 is 0 Å². The molecule has 0 amide bonds. The van der Waals surface area contributed by atoms with Gasteiger partial charge in [-0.1, -0.05) is 173 Å². The molecule has 0 N–H and O–H groups in total. The van der Waals surface area contributed by atoms with Crippen molar-refractivity contribution in [3.63, 3.8) is 0 Å². The lowest BCUT2D eigenvalue weighted by Gasteiger charge is -2.10. The molecule has 0 bridgehead atoms. The van der Waals surface area contributed by atoms with Gasteiger partial charge in [-0.05, 0) is 25.0 Å².